The van der Waals surface area contributed by atoms with Crippen LogP contribution in [0.15, 0.2) is 0 Å². The van der Waals surface area contributed by atoms with Gasteiger partial charge >= 0.3 is 0 Å². The van der Waals surface area contributed by atoms with Crippen LogP contribution in [0.25, 0.3) is 0 Å². The van der Waals surface area contributed by atoms with Crippen LogP contribution in [0.4, 0.5) is 0 Å². The van der Waals surface area contributed by atoms with Crippen LogP contribution in [0.2, 0.25) is 0 Å². The number of hydrogen-bond donors (Lipinski definition) is 1. The molecule has 0 spiro atoms. The SMILES string of the molecule is CCC(C)CCCCC(CC)CNC. The van der Waals surface area contributed by atoms with Crippen molar-refractivity contribution < 1.29 is 0 Å². The second-order valence-electron chi connectivity index (χ2n) is 4.63. The van der Waals surface area contributed by atoms with Gasteiger partial charge in [-0.05, 0) is 31.8 Å². The average Bonchev–Trinajstić information content (AvgIpc) is 2.22. The van der Waals surface area contributed by atoms with Crippen molar-refractivity contribution >= 4 is 0 Å². The van der Waals surface area contributed by atoms with Crippen LogP contribution in [-0.2, 0) is 0 Å². The summed E-state index contributed by atoms with van der Waals surface area (Å²) in [6.07, 6.45) is 8.35. The molecule has 1 heteroatoms. The van der Waals surface area contributed by atoms with Crippen LogP contribution in [0.5, 0.6) is 0 Å². The van der Waals surface area contributed by atoms with E-state index >= 15 is 0 Å². The van der Waals surface area contributed by atoms with Crippen molar-refractivity contribution in [3.63, 3.8) is 0 Å². The molecular weight excluding hydrogens is 170 g/mol. The Balaban J connectivity index is 3.32. The van der Waals surface area contributed by atoms with Crippen molar-refractivity contribution in [1.29, 1.82) is 0 Å². The quantitative estimate of drug-likeness (QED) is 0.556. The van der Waals surface area contributed by atoms with Gasteiger partial charge in [-0.25, -0.2) is 0 Å². The van der Waals surface area contributed by atoms with Crippen molar-refractivity contribution in [3.05, 3.63) is 0 Å². The second kappa shape index (κ2) is 9.51. The first kappa shape index (κ1) is 14.0. The largest absolute Gasteiger partial charge is 0.319 e. The summed E-state index contributed by atoms with van der Waals surface area (Å²) < 4.78 is 0. The van der Waals surface area contributed by atoms with Gasteiger partial charge in [-0.1, -0.05) is 52.9 Å². The lowest BCUT2D eigenvalue weighted by molar-refractivity contribution is 0.406. The maximum atomic E-state index is 3.28. The minimum absolute atomic E-state index is 0.900. The van der Waals surface area contributed by atoms with Gasteiger partial charge in [0.2, 0.25) is 0 Å². The Labute approximate surface area is 90.7 Å². The maximum Gasteiger partial charge on any atom is -0.00236 e. The third kappa shape index (κ3) is 7.37. The Kier molecular flexibility index (Phi) is 9.49. The monoisotopic (exact) mass is 199 g/mol. The fraction of sp³-hybridized carbons (Fsp3) is 1.00. The van der Waals surface area contributed by atoms with E-state index in [9.17, 15) is 0 Å². The number of nitrogens with one attached hydrogen (secondary N) is 1. The Bertz CT molecular complexity index is 112. The van der Waals surface area contributed by atoms with E-state index in [1.165, 1.54) is 45.1 Å². The molecular formula is C13H29N. The highest BCUT2D eigenvalue weighted by atomic mass is 14.8. The summed E-state index contributed by atoms with van der Waals surface area (Å²) in [6, 6.07) is 0. The lowest BCUT2D eigenvalue weighted by atomic mass is 9.95. The molecule has 86 valence electrons. The van der Waals surface area contributed by atoms with Crippen LogP contribution in [0.1, 0.15) is 59.3 Å². The highest BCUT2D eigenvalue weighted by Gasteiger charge is 2.05. The van der Waals surface area contributed by atoms with E-state index in [1.54, 1.807) is 0 Å². The van der Waals surface area contributed by atoms with Crippen molar-refractivity contribution in [2.24, 2.45) is 11.8 Å². The summed E-state index contributed by atoms with van der Waals surface area (Å²) in [7, 11) is 2.06. The molecule has 0 aliphatic heterocycles. The van der Waals surface area contributed by atoms with Gasteiger partial charge in [-0.2, -0.15) is 0 Å². The molecule has 0 aromatic rings. The average molecular weight is 199 g/mol. The third-order valence-electron chi connectivity index (χ3n) is 3.33. The van der Waals surface area contributed by atoms with E-state index < -0.39 is 0 Å². The second-order valence-corrected chi connectivity index (χ2v) is 4.63. The topological polar surface area (TPSA) is 12.0 Å². The molecule has 0 bridgehead atoms. The van der Waals surface area contributed by atoms with Crippen LogP contribution in [0, 0.1) is 11.8 Å². The van der Waals surface area contributed by atoms with Crippen LogP contribution >= 0.6 is 0 Å². The first-order valence-electron chi connectivity index (χ1n) is 6.39. The van der Waals surface area contributed by atoms with Gasteiger partial charge in [0, 0.05) is 0 Å². The summed E-state index contributed by atoms with van der Waals surface area (Å²) >= 11 is 0. The zero-order valence-corrected chi connectivity index (χ0v) is 10.6. The van der Waals surface area contributed by atoms with Gasteiger partial charge in [0.1, 0.15) is 0 Å². The Morgan fingerprint density at radius 3 is 2.14 bits per heavy atom. The highest BCUT2D eigenvalue weighted by Crippen LogP contribution is 2.16. The van der Waals surface area contributed by atoms with Crippen molar-refractivity contribution in [2.45, 2.75) is 59.3 Å². The van der Waals surface area contributed by atoms with Crippen molar-refractivity contribution in [1.82, 2.24) is 5.32 Å². The molecule has 0 amide bonds. The molecule has 0 heterocycles. The molecule has 0 aromatic heterocycles. The minimum atomic E-state index is 0.900. The molecule has 2 atom stereocenters. The molecule has 2 unspecified atom stereocenters. The molecule has 0 rings (SSSR count). The molecule has 1 nitrogen and oxygen atoms in total. The van der Waals surface area contributed by atoms with Crippen molar-refractivity contribution in [3.8, 4) is 0 Å². The molecule has 1 N–H and O–H groups in total. The van der Waals surface area contributed by atoms with Gasteiger partial charge in [-0.3, -0.25) is 0 Å². The fourth-order valence-corrected chi connectivity index (χ4v) is 1.87. The van der Waals surface area contributed by atoms with E-state index in [0.29, 0.717) is 0 Å². The summed E-state index contributed by atoms with van der Waals surface area (Å²) in [4.78, 5) is 0. The smallest absolute Gasteiger partial charge is 0.00236 e. The van der Waals surface area contributed by atoms with Crippen LogP contribution in [0.3, 0.4) is 0 Å². The zero-order valence-electron chi connectivity index (χ0n) is 10.6. The van der Waals surface area contributed by atoms with E-state index in [2.05, 4.69) is 33.1 Å². The Morgan fingerprint density at radius 1 is 1.00 bits per heavy atom. The summed E-state index contributed by atoms with van der Waals surface area (Å²) in [6.45, 7) is 8.15. The van der Waals surface area contributed by atoms with Crippen LogP contribution in [-0.4, -0.2) is 13.6 Å². The predicted molar refractivity (Wildman–Crippen MR) is 65.6 cm³/mol. The maximum absolute atomic E-state index is 3.28. The van der Waals surface area contributed by atoms with E-state index in [1.807, 2.05) is 0 Å². The number of unbranched alkanes of at least 4 members (excludes halogenated alkanes) is 1. The number of hydrogen-bond acceptors (Lipinski definition) is 1. The van der Waals surface area contributed by atoms with Crippen LogP contribution < -0.4 is 5.32 Å². The standard InChI is InChI=1S/C13H29N/c1-5-12(3)9-7-8-10-13(6-2)11-14-4/h12-14H,5-11H2,1-4H3. The summed E-state index contributed by atoms with van der Waals surface area (Å²) in [5.74, 6) is 1.83. The van der Waals surface area contributed by atoms with Crippen molar-refractivity contribution in [2.75, 3.05) is 13.6 Å². The molecule has 0 fully saturated rings. The third-order valence-corrected chi connectivity index (χ3v) is 3.33. The van der Waals surface area contributed by atoms with Gasteiger partial charge in [0.15, 0.2) is 0 Å². The highest BCUT2D eigenvalue weighted by molar-refractivity contribution is 4.60. The van der Waals surface area contributed by atoms with Gasteiger partial charge in [-0.15, -0.1) is 0 Å². The predicted octanol–water partition coefficient (Wildman–Crippen LogP) is 3.84. The van der Waals surface area contributed by atoms with E-state index in [4.69, 9.17) is 0 Å². The molecule has 0 aromatic carbocycles. The summed E-state index contributed by atoms with van der Waals surface area (Å²) in [5.41, 5.74) is 0. The first-order valence-corrected chi connectivity index (χ1v) is 6.39. The minimum Gasteiger partial charge on any atom is -0.319 e. The fourth-order valence-electron chi connectivity index (χ4n) is 1.87. The summed E-state index contributed by atoms with van der Waals surface area (Å²) in [5, 5.41) is 3.28. The van der Waals surface area contributed by atoms with E-state index in [0.717, 1.165) is 11.8 Å². The normalized spacial score (nSPS) is 15.4. The first-order chi connectivity index (χ1) is 6.74. The molecule has 0 radical (unpaired) electrons. The molecule has 0 saturated carbocycles. The lowest BCUT2D eigenvalue weighted by Gasteiger charge is -2.14. The number of rotatable bonds is 9. The zero-order chi connectivity index (χ0) is 10.8. The molecule has 0 aliphatic rings. The van der Waals surface area contributed by atoms with E-state index in [-0.39, 0.29) is 0 Å². The van der Waals surface area contributed by atoms with Gasteiger partial charge in [0.25, 0.3) is 0 Å². The van der Waals surface area contributed by atoms with Gasteiger partial charge in [0.05, 0.1) is 0 Å². The molecule has 0 saturated heterocycles. The Hall–Kier alpha value is -0.0400. The van der Waals surface area contributed by atoms with Gasteiger partial charge < -0.3 is 5.32 Å². The lowest BCUT2D eigenvalue weighted by Crippen LogP contribution is -2.18. The molecule has 0 aliphatic carbocycles. The Morgan fingerprint density at radius 2 is 1.64 bits per heavy atom. The molecule has 14 heavy (non-hydrogen) atoms.